The van der Waals surface area contributed by atoms with Crippen molar-refractivity contribution in [3.05, 3.63) is 87.1 Å². The second-order valence-corrected chi connectivity index (χ2v) is 11.6. The predicted octanol–water partition coefficient (Wildman–Crippen LogP) is -1.29. The monoisotopic (exact) mass is 719 g/mol. The van der Waals surface area contributed by atoms with Crippen LogP contribution in [0.4, 0.5) is 19.3 Å². The fourth-order valence-corrected chi connectivity index (χ4v) is 5.46. The smallest absolute Gasteiger partial charge is 0.544 e. The Morgan fingerprint density at radius 3 is 2.48 bits per heavy atom. The number of hydrogen-bond donors (Lipinski definition) is 5. The van der Waals surface area contributed by atoms with Crippen molar-refractivity contribution in [1.82, 2.24) is 10.6 Å². The van der Waals surface area contributed by atoms with Crippen molar-refractivity contribution >= 4 is 52.5 Å². The SMILES string of the molecule is CC(=O)N[C@H]1[C@H]([C@H](O)[C@H](O)CNC(=O)c2ccc(Cl)cc2)O[C@@](OCc2cccc(F)c2F)(C(=O)[O-])C[C@@H]1OC(=O)Nc1ccsc1.[Na+]. The van der Waals surface area contributed by atoms with Gasteiger partial charge in [0, 0.05) is 41.4 Å². The van der Waals surface area contributed by atoms with Crippen molar-refractivity contribution in [1.29, 1.82) is 0 Å². The standard InChI is InChI=1S/C30H30ClF2N3O10S.Na/c1-15(37)35-24-22(45-29(43)36-19-9-10-47-14-19)11-30(28(41)42,44-13-17-3-2-4-20(32)23(17)33)46-26(24)25(39)21(38)12-34-27(40)16-5-7-18(31)8-6-16;/h2-10,14,21-22,24-26,38-39H,11-13H2,1H3,(H,34,40)(H,35,37)(H,36,43)(H,41,42);/q;+1/p-1/t21-,22+,24-,25-,26-,30-;/m1./s1. The van der Waals surface area contributed by atoms with Crippen LogP contribution in [-0.2, 0) is 30.4 Å². The summed E-state index contributed by atoms with van der Waals surface area (Å²) >= 11 is 7.09. The predicted molar refractivity (Wildman–Crippen MR) is 160 cm³/mol. The first-order chi connectivity index (χ1) is 22.3. The topological polar surface area (TPSA) is 196 Å². The number of ether oxygens (including phenoxy) is 3. The summed E-state index contributed by atoms with van der Waals surface area (Å²) < 4.78 is 44.9. The number of amides is 3. The Balaban J connectivity index is 0.00000625. The van der Waals surface area contributed by atoms with E-state index in [1.165, 1.54) is 35.6 Å². The first kappa shape index (κ1) is 39.3. The van der Waals surface area contributed by atoms with E-state index >= 15 is 0 Å². The molecule has 0 bridgehead atoms. The van der Waals surface area contributed by atoms with Crippen molar-refractivity contribution < 1.29 is 87.0 Å². The van der Waals surface area contributed by atoms with Gasteiger partial charge in [0.2, 0.25) is 11.7 Å². The summed E-state index contributed by atoms with van der Waals surface area (Å²) in [4.78, 5) is 50.3. The minimum Gasteiger partial charge on any atom is -0.544 e. The molecule has 0 radical (unpaired) electrons. The van der Waals surface area contributed by atoms with Gasteiger partial charge in [0.05, 0.1) is 24.4 Å². The van der Waals surface area contributed by atoms with Gasteiger partial charge < -0.3 is 45.0 Å². The third-order valence-electron chi connectivity index (χ3n) is 7.06. The Kier molecular flexibility index (Phi) is 14.3. The molecule has 1 aliphatic heterocycles. The number of hydrogen-bond acceptors (Lipinski definition) is 11. The molecule has 1 aromatic heterocycles. The van der Waals surface area contributed by atoms with Gasteiger partial charge in [0.1, 0.15) is 24.3 Å². The van der Waals surface area contributed by atoms with Crippen LogP contribution >= 0.6 is 22.9 Å². The number of rotatable bonds is 12. The van der Waals surface area contributed by atoms with Crippen LogP contribution in [0.5, 0.6) is 0 Å². The first-order valence-corrected chi connectivity index (χ1v) is 15.2. The average Bonchev–Trinajstić information content (AvgIpc) is 3.54. The van der Waals surface area contributed by atoms with E-state index in [4.69, 9.17) is 25.8 Å². The van der Waals surface area contributed by atoms with Crippen LogP contribution < -0.4 is 50.6 Å². The molecule has 0 unspecified atom stereocenters. The van der Waals surface area contributed by atoms with E-state index in [9.17, 15) is 43.3 Å². The number of aliphatic hydroxyl groups is 2. The van der Waals surface area contributed by atoms with Gasteiger partial charge >= 0.3 is 35.7 Å². The zero-order valence-corrected chi connectivity index (χ0v) is 29.1. The third kappa shape index (κ3) is 9.93. The number of aliphatic carboxylic acids is 1. The van der Waals surface area contributed by atoms with E-state index in [0.29, 0.717) is 10.7 Å². The molecule has 3 amide bonds. The molecule has 252 valence electrons. The number of thiophene rings is 1. The van der Waals surface area contributed by atoms with E-state index in [0.717, 1.165) is 25.1 Å². The Morgan fingerprint density at radius 1 is 1.15 bits per heavy atom. The summed E-state index contributed by atoms with van der Waals surface area (Å²) in [5, 5.41) is 45.6. The summed E-state index contributed by atoms with van der Waals surface area (Å²) in [5.41, 5.74) is 0.0867. The van der Waals surface area contributed by atoms with Crippen LogP contribution in [0, 0.1) is 11.6 Å². The molecule has 1 fully saturated rings. The summed E-state index contributed by atoms with van der Waals surface area (Å²) in [6, 6.07) is 8.87. The quantitative estimate of drug-likeness (QED) is 0.141. The molecule has 4 rings (SSSR count). The molecule has 0 saturated carbocycles. The van der Waals surface area contributed by atoms with E-state index in [1.807, 2.05) is 0 Å². The van der Waals surface area contributed by atoms with Crippen molar-refractivity contribution in [3.63, 3.8) is 0 Å². The molecule has 1 aliphatic rings. The minimum absolute atomic E-state index is 0. The van der Waals surface area contributed by atoms with E-state index < -0.39 is 96.9 Å². The Hall–Kier alpha value is -3.19. The Morgan fingerprint density at radius 2 is 1.85 bits per heavy atom. The molecular weight excluding hydrogens is 691 g/mol. The van der Waals surface area contributed by atoms with Gasteiger partial charge in [-0.3, -0.25) is 14.9 Å². The number of halogens is 3. The average molecular weight is 720 g/mol. The molecule has 0 aliphatic carbocycles. The zero-order valence-electron chi connectivity index (χ0n) is 25.5. The van der Waals surface area contributed by atoms with Crippen molar-refractivity contribution in [2.24, 2.45) is 0 Å². The second kappa shape index (κ2) is 17.5. The van der Waals surface area contributed by atoms with Crippen LogP contribution in [0.15, 0.2) is 59.3 Å². The molecule has 6 atom stereocenters. The zero-order chi connectivity index (χ0) is 34.3. The number of carbonyl (C=O) groups excluding carboxylic acids is 4. The van der Waals surface area contributed by atoms with E-state index in [2.05, 4.69) is 16.0 Å². The fraction of sp³-hybridized carbons (Fsp3) is 0.333. The Bertz CT molecular complexity index is 1590. The number of nitrogens with one attached hydrogen (secondary N) is 3. The number of carbonyl (C=O) groups is 4. The van der Waals surface area contributed by atoms with Gasteiger partial charge in [0.15, 0.2) is 11.6 Å². The molecular formula is C30H29ClF2N3NaO10S. The molecule has 3 aromatic rings. The van der Waals surface area contributed by atoms with Gasteiger partial charge in [0.25, 0.3) is 5.91 Å². The normalized spacial score (nSPS) is 21.6. The maximum atomic E-state index is 14.4. The van der Waals surface area contributed by atoms with Gasteiger partial charge in [-0.2, -0.15) is 11.3 Å². The number of benzene rings is 2. The first-order valence-electron chi connectivity index (χ1n) is 13.9. The van der Waals surface area contributed by atoms with Crippen LogP contribution in [0.25, 0.3) is 0 Å². The Labute approximate surface area is 303 Å². The van der Waals surface area contributed by atoms with Gasteiger partial charge in [-0.05, 0) is 41.8 Å². The maximum Gasteiger partial charge on any atom is 1.00 e. The van der Waals surface area contributed by atoms with E-state index in [1.54, 1.807) is 16.8 Å². The number of carboxylic acid groups (broad SMARTS) is 1. The van der Waals surface area contributed by atoms with Crippen molar-refractivity contribution in [2.45, 2.75) is 56.2 Å². The summed E-state index contributed by atoms with van der Waals surface area (Å²) in [6.45, 7) is -0.412. The largest absolute Gasteiger partial charge is 1.00 e. The van der Waals surface area contributed by atoms with Crippen molar-refractivity contribution in [2.75, 3.05) is 11.9 Å². The summed E-state index contributed by atoms with van der Waals surface area (Å²) in [5.74, 6) is -8.93. The minimum atomic E-state index is -2.90. The van der Waals surface area contributed by atoms with Gasteiger partial charge in [-0.1, -0.05) is 23.7 Å². The number of anilines is 1. The summed E-state index contributed by atoms with van der Waals surface area (Å²) in [6.07, 6.45) is -9.48. The molecule has 48 heavy (non-hydrogen) atoms. The molecule has 1 saturated heterocycles. The van der Waals surface area contributed by atoms with Gasteiger partial charge in [-0.15, -0.1) is 0 Å². The molecule has 18 heteroatoms. The van der Waals surface area contributed by atoms with Gasteiger partial charge in [-0.25, -0.2) is 13.6 Å². The van der Waals surface area contributed by atoms with E-state index in [-0.39, 0.29) is 35.1 Å². The molecule has 5 N–H and O–H groups in total. The third-order valence-corrected chi connectivity index (χ3v) is 7.99. The van der Waals surface area contributed by atoms with Crippen LogP contribution in [0.2, 0.25) is 5.02 Å². The fourth-order valence-electron chi connectivity index (χ4n) is 4.75. The maximum absolute atomic E-state index is 14.4. The summed E-state index contributed by atoms with van der Waals surface area (Å²) in [7, 11) is 0. The molecule has 13 nitrogen and oxygen atoms in total. The number of carboxylic acids is 1. The number of aliphatic hydroxyl groups excluding tert-OH is 2. The van der Waals surface area contributed by atoms with Crippen molar-refractivity contribution in [3.8, 4) is 0 Å². The van der Waals surface area contributed by atoms with Crippen LogP contribution in [0.3, 0.4) is 0 Å². The van der Waals surface area contributed by atoms with Crippen LogP contribution in [0.1, 0.15) is 29.3 Å². The second-order valence-electron chi connectivity index (χ2n) is 10.4. The molecule has 0 spiro atoms. The molecule has 2 heterocycles. The van der Waals surface area contributed by atoms with Crippen LogP contribution in [-0.4, -0.2) is 76.9 Å². The molecule has 2 aromatic carbocycles.